The van der Waals surface area contributed by atoms with Crippen molar-refractivity contribution in [3.8, 4) is 0 Å². The van der Waals surface area contributed by atoms with Gasteiger partial charge in [0.2, 0.25) is 5.91 Å². The molecule has 0 spiro atoms. The number of phosphoric ester groups is 1. The van der Waals surface area contributed by atoms with Gasteiger partial charge in [0.1, 0.15) is 13.2 Å². The summed E-state index contributed by atoms with van der Waals surface area (Å²) in [5.41, 5.74) is 0. The summed E-state index contributed by atoms with van der Waals surface area (Å²) in [5.74, 6) is -0.179. The highest BCUT2D eigenvalue weighted by Gasteiger charge is 2.27. The summed E-state index contributed by atoms with van der Waals surface area (Å²) in [7, 11) is 1.58. The zero-order valence-corrected chi connectivity index (χ0v) is 42.1. The number of amides is 1. The number of unbranched alkanes of at least 4 members (excludes halogenated alkanes) is 33. The number of likely N-dealkylation sites (N-methyl/N-ethyl adjacent to an activating group) is 1. The highest BCUT2D eigenvalue weighted by molar-refractivity contribution is 7.47. The summed E-state index contributed by atoms with van der Waals surface area (Å²) >= 11 is 0. The number of aliphatic hydroxyl groups excluding tert-OH is 1. The molecule has 3 N–H and O–H groups in total. The summed E-state index contributed by atoms with van der Waals surface area (Å²) in [5, 5.41) is 13.7. The van der Waals surface area contributed by atoms with Crippen molar-refractivity contribution in [2.24, 2.45) is 0 Å². The van der Waals surface area contributed by atoms with Crippen LogP contribution in [0.3, 0.4) is 0 Å². The van der Waals surface area contributed by atoms with Crippen molar-refractivity contribution < 1.29 is 32.9 Å². The molecule has 0 saturated heterocycles. The minimum absolute atomic E-state index is 0.0628. The average Bonchev–Trinajstić information content (AvgIpc) is 3.21. The third-order valence-electron chi connectivity index (χ3n) is 11.9. The molecule has 0 saturated carbocycles. The zero-order valence-electron chi connectivity index (χ0n) is 41.2. The third-order valence-corrected chi connectivity index (χ3v) is 12.9. The number of aliphatic hydroxyl groups is 1. The van der Waals surface area contributed by atoms with Crippen LogP contribution in [0, 0.1) is 0 Å². The van der Waals surface area contributed by atoms with Gasteiger partial charge in [-0.25, -0.2) is 4.57 Å². The minimum Gasteiger partial charge on any atom is -0.387 e. The highest BCUT2D eigenvalue weighted by atomic mass is 31.2. The van der Waals surface area contributed by atoms with Gasteiger partial charge in [-0.1, -0.05) is 224 Å². The SMILES string of the molecule is CCCCCC/C=C/C(O)C(COP(=O)(O)OCC[N+](C)(C)C)NC(=O)CCCCCCCCCCCCCCCCCCCCCCC/C=C\CCCCCCCCCC. The van der Waals surface area contributed by atoms with Gasteiger partial charge < -0.3 is 19.8 Å². The Morgan fingerprint density at radius 3 is 1.28 bits per heavy atom. The van der Waals surface area contributed by atoms with Crippen molar-refractivity contribution in [3.05, 3.63) is 24.3 Å². The first-order valence-corrected chi connectivity index (χ1v) is 27.7. The molecule has 8 nitrogen and oxygen atoms in total. The van der Waals surface area contributed by atoms with E-state index in [4.69, 9.17) is 9.05 Å². The second-order valence-electron chi connectivity index (χ2n) is 19.3. The van der Waals surface area contributed by atoms with E-state index in [1.807, 2.05) is 27.2 Å². The second-order valence-corrected chi connectivity index (χ2v) is 20.7. The van der Waals surface area contributed by atoms with Crippen LogP contribution < -0.4 is 5.32 Å². The van der Waals surface area contributed by atoms with Crippen molar-refractivity contribution in [2.45, 2.75) is 264 Å². The van der Waals surface area contributed by atoms with E-state index in [9.17, 15) is 19.4 Å². The van der Waals surface area contributed by atoms with E-state index in [0.29, 0.717) is 17.4 Å². The zero-order chi connectivity index (χ0) is 45.0. The van der Waals surface area contributed by atoms with E-state index in [0.717, 1.165) is 44.9 Å². The summed E-state index contributed by atoms with van der Waals surface area (Å²) < 4.78 is 23.4. The van der Waals surface area contributed by atoms with Crippen LogP contribution in [0.5, 0.6) is 0 Å². The van der Waals surface area contributed by atoms with Gasteiger partial charge >= 0.3 is 7.82 Å². The maximum atomic E-state index is 12.8. The molecule has 0 bridgehead atoms. The molecule has 362 valence electrons. The number of hydrogen-bond acceptors (Lipinski definition) is 5. The Balaban J connectivity index is 3.80. The quantitative estimate of drug-likeness (QED) is 0.0243. The molecule has 9 heteroatoms. The van der Waals surface area contributed by atoms with Crippen LogP contribution in [0.25, 0.3) is 0 Å². The van der Waals surface area contributed by atoms with E-state index in [1.165, 1.54) is 186 Å². The standard InChI is InChI=1S/C52H103N2O6P/c1-6-8-10-12-14-15-16-17-18-19-20-21-22-23-24-25-26-27-28-29-30-31-32-33-34-35-36-37-38-39-40-42-44-46-52(56)53-50(51(55)45-43-41-13-11-9-7-2)49-60-61(57,58)59-48-47-54(3,4)5/h19-20,43,45,50-51,55H,6-18,21-42,44,46-49H2,1-5H3,(H-,53,56,57,58)/p+1/b20-19-,45-43+. The smallest absolute Gasteiger partial charge is 0.387 e. The Hall–Kier alpha value is -1.02. The van der Waals surface area contributed by atoms with Crippen molar-refractivity contribution in [1.29, 1.82) is 0 Å². The first-order chi connectivity index (χ1) is 29.5. The van der Waals surface area contributed by atoms with Crippen LogP contribution in [-0.2, 0) is 18.4 Å². The van der Waals surface area contributed by atoms with E-state index in [2.05, 4.69) is 31.3 Å². The Kier molecular flexibility index (Phi) is 43.5. The van der Waals surface area contributed by atoms with Gasteiger partial charge in [0.25, 0.3) is 0 Å². The van der Waals surface area contributed by atoms with Gasteiger partial charge in [-0.15, -0.1) is 0 Å². The Morgan fingerprint density at radius 2 is 0.885 bits per heavy atom. The maximum absolute atomic E-state index is 12.8. The minimum atomic E-state index is -4.32. The summed E-state index contributed by atoms with van der Waals surface area (Å²) in [6.07, 6.45) is 54.7. The molecule has 0 aliphatic rings. The van der Waals surface area contributed by atoms with Gasteiger partial charge in [0.05, 0.1) is 39.9 Å². The van der Waals surface area contributed by atoms with Crippen molar-refractivity contribution in [3.63, 3.8) is 0 Å². The van der Waals surface area contributed by atoms with Gasteiger partial charge in [-0.2, -0.15) is 0 Å². The first kappa shape index (κ1) is 60.0. The topological polar surface area (TPSA) is 105 Å². The predicted octanol–water partition coefficient (Wildman–Crippen LogP) is 15.3. The van der Waals surface area contributed by atoms with E-state index in [1.54, 1.807) is 6.08 Å². The molecule has 3 atom stereocenters. The van der Waals surface area contributed by atoms with Gasteiger partial charge in [-0.3, -0.25) is 13.8 Å². The maximum Gasteiger partial charge on any atom is 0.472 e. The van der Waals surface area contributed by atoms with Crippen LogP contribution in [0.15, 0.2) is 24.3 Å². The molecule has 0 aromatic heterocycles. The van der Waals surface area contributed by atoms with Crippen LogP contribution in [0.4, 0.5) is 0 Å². The number of carbonyl (C=O) groups excluding carboxylic acids is 1. The molecule has 0 aromatic carbocycles. The van der Waals surface area contributed by atoms with Crippen LogP contribution in [0.2, 0.25) is 0 Å². The summed E-state index contributed by atoms with van der Waals surface area (Å²) in [4.78, 5) is 23.0. The fraction of sp³-hybridized carbons (Fsp3) is 0.904. The molecule has 61 heavy (non-hydrogen) atoms. The number of nitrogens with one attached hydrogen (secondary N) is 1. The normalized spacial score (nSPS) is 14.3. The Bertz CT molecular complexity index is 1050. The number of carbonyl (C=O) groups is 1. The third kappa shape index (κ3) is 46.8. The monoisotopic (exact) mass is 884 g/mol. The molecule has 0 fully saturated rings. The van der Waals surface area contributed by atoms with Gasteiger partial charge in [0.15, 0.2) is 0 Å². The van der Waals surface area contributed by atoms with Gasteiger partial charge in [0, 0.05) is 6.42 Å². The number of phosphoric acid groups is 1. The molecule has 0 heterocycles. The molecular formula is C52H104N2O6P+. The summed E-state index contributed by atoms with van der Waals surface area (Å²) in [6.45, 7) is 4.75. The predicted molar refractivity (Wildman–Crippen MR) is 263 cm³/mol. The van der Waals surface area contributed by atoms with Crippen molar-refractivity contribution in [2.75, 3.05) is 40.9 Å². The number of rotatable bonds is 48. The lowest BCUT2D eigenvalue weighted by Crippen LogP contribution is -2.45. The second kappa shape index (κ2) is 44.2. The molecule has 3 unspecified atom stereocenters. The average molecular weight is 884 g/mol. The molecule has 0 radical (unpaired) electrons. The molecule has 1 amide bonds. The Labute approximate surface area is 379 Å². The highest BCUT2D eigenvalue weighted by Crippen LogP contribution is 2.43. The van der Waals surface area contributed by atoms with Crippen molar-refractivity contribution >= 4 is 13.7 Å². The first-order valence-electron chi connectivity index (χ1n) is 26.2. The molecule has 0 rings (SSSR count). The molecule has 0 aliphatic carbocycles. The largest absolute Gasteiger partial charge is 0.472 e. The fourth-order valence-electron chi connectivity index (χ4n) is 7.74. The lowest BCUT2D eigenvalue weighted by Gasteiger charge is -2.25. The van der Waals surface area contributed by atoms with E-state index < -0.39 is 20.0 Å². The fourth-order valence-corrected chi connectivity index (χ4v) is 8.48. The van der Waals surface area contributed by atoms with Crippen LogP contribution in [-0.4, -0.2) is 73.4 Å². The van der Waals surface area contributed by atoms with Crippen LogP contribution >= 0.6 is 7.82 Å². The Morgan fingerprint density at radius 1 is 0.541 bits per heavy atom. The summed E-state index contributed by atoms with van der Waals surface area (Å²) in [6, 6.07) is -0.839. The van der Waals surface area contributed by atoms with Crippen molar-refractivity contribution in [1.82, 2.24) is 5.32 Å². The number of nitrogens with zero attached hydrogens (tertiary/aromatic N) is 1. The number of hydrogen-bond donors (Lipinski definition) is 3. The van der Waals surface area contributed by atoms with Crippen LogP contribution in [0.1, 0.15) is 251 Å². The molecular weight excluding hydrogens is 780 g/mol. The molecule has 0 aliphatic heterocycles. The number of allylic oxidation sites excluding steroid dienone is 3. The van der Waals surface area contributed by atoms with E-state index in [-0.39, 0.29) is 19.1 Å². The van der Waals surface area contributed by atoms with Gasteiger partial charge in [-0.05, 0) is 44.9 Å². The lowest BCUT2D eigenvalue weighted by atomic mass is 10.0. The number of quaternary nitrogens is 1. The molecule has 0 aromatic rings. The van der Waals surface area contributed by atoms with E-state index >= 15 is 0 Å². The lowest BCUT2D eigenvalue weighted by molar-refractivity contribution is -0.870.